The van der Waals surface area contributed by atoms with Gasteiger partial charge in [-0.25, -0.2) is 9.67 Å². The van der Waals surface area contributed by atoms with Crippen LogP contribution in [0, 0.1) is 0 Å². The maximum absolute atomic E-state index is 11.1. The minimum Gasteiger partial charge on any atom is -0.300 e. The van der Waals surface area contributed by atoms with Crippen molar-refractivity contribution in [2.24, 2.45) is 0 Å². The van der Waals surface area contributed by atoms with Gasteiger partial charge in [-0.15, -0.1) is 0 Å². The summed E-state index contributed by atoms with van der Waals surface area (Å²) in [5, 5.41) is 4.44. The van der Waals surface area contributed by atoms with Crippen molar-refractivity contribution < 1.29 is 4.79 Å². The summed E-state index contributed by atoms with van der Waals surface area (Å²) in [6, 6.07) is 0.280. The van der Waals surface area contributed by atoms with Gasteiger partial charge >= 0.3 is 0 Å². The van der Waals surface area contributed by atoms with Gasteiger partial charge in [0.25, 0.3) is 0 Å². The number of carbonyl (C=O) groups excluding carboxylic acids is 1. The molecule has 3 rings (SSSR count). The van der Waals surface area contributed by atoms with Gasteiger partial charge in [0.15, 0.2) is 5.82 Å². The fourth-order valence-corrected chi connectivity index (χ4v) is 2.01. The number of ketones is 1. The maximum Gasteiger partial charge on any atom is 0.153 e. The van der Waals surface area contributed by atoms with E-state index in [4.69, 9.17) is 0 Å². The molecular weight excluding hydrogens is 178 g/mol. The Morgan fingerprint density at radius 2 is 2.21 bits per heavy atom. The maximum atomic E-state index is 11.1. The molecule has 74 valence electrons. The molecule has 0 aliphatic heterocycles. The summed E-state index contributed by atoms with van der Waals surface area (Å²) in [5.41, 5.74) is 0. The molecule has 2 fully saturated rings. The van der Waals surface area contributed by atoms with E-state index in [0.29, 0.717) is 24.5 Å². The average Bonchev–Trinajstić information content (AvgIpc) is 2.76. The highest BCUT2D eigenvalue weighted by molar-refractivity contribution is 5.80. The van der Waals surface area contributed by atoms with E-state index in [0.717, 1.165) is 12.2 Å². The molecule has 1 unspecified atom stereocenters. The molecule has 4 nitrogen and oxygen atoms in total. The third kappa shape index (κ3) is 1.35. The van der Waals surface area contributed by atoms with Crippen molar-refractivity contribution in [3.05, 3.63) is 12.2 Å². The second-order valence-electron chi connectivity index (χ2n) is 4.29. The van der Waals surface area contributed by atoms with Gasteiger partial charge in [-0.05, 0) is 19.3 Å². The molecule has 1 aromatic rings. The summed E-state index contributed by atoms with van der Waals surface area (Å²) < 4.78 is 1.89. The molecule has 14 heavy (non-hydrogen) atoms. The number of carbonyl (C=O) groups is 1. The van der Waals surface area contributed by atoms with E-state index >= 15 is 0 Å². The van der Waals surface area contributed by atoms with Crippen LogP contribution in [0.4, 0.5) is 0 Å². The zero-order valence-corrected chi connectivity index (χ0v) is 8.02. The third-order valence-electron chi connectivity index (χ3n) is 3.06. The van der Waals surface area contributed by atoms with Gasteiger partial charge in [0.1, 0.15) is 12.1 Å². The fourth-order valence-electron chi connectivity index (χ4n) is 2.01. The molecular formula is C10H13N3O. The van der Waals surface area contributed by atoms with Crippen LogP contribution in [0.2, 0.25) is 0 Å². The molecule has 0 bridgehead atoms. The lowest BCUT2D eigenvalue weighted by Crippen LogP contribution is -2.06. The summed E-state index contributed by atoms with van der Waals surface area (Å²) in [4.78, 5) is 15.4. The fraction of sp³-hybridized carbons (Fsp3) is 0.700. The minimum atomic E-state index is 0.280. The summed E-state index contributed by atoms with van der Waals surface area (Å²) in [7, 11) is 0. The van der Waals surface area contributed by atoms with Crippen molar-refractivity contribution in [1.82, 2.24) is 14.8 Å². The van der Waals surface area contributed by atoms with Crippen molar-refractivity contribution >= 4 is 5.78 Å². The van der Waals surface area contributed by atoms with Gasteiger partial charge in [-0.1, -0.05) is 0 Å². The molecule has 1 atom stereocenters. The number of aromatic nitrogens is 3. The predicted octanol–water partition coefficient (Wildman–Crippen LogP) is 1.45. The first-order chi connectivity index (χ1) is 6.83. The topological polar surface area (TPSA) is 47.8 Å². The predicted molar refractivity (Wildman–Crippen MR) is 49.9 cm³/mol. The molecule has 0 aromatic carbocycles. The molecule has 0 radical (unpaired) electrons. The van der Waals surface area contributed by atoms with Crippen molar-refractivity contribution in [3.63, 3.8) is 0 Å². The zero-order chi connectivity index (χ0) is 9.54. The normalized spacial score (nSPS) is 27.1. The number of Topliss-reactive ketones (excluding diaryl/α,β-unsaturated/α-hetero) is 1. The standard InChI is InChI=1S/C10H13N3O/c14-9-4-3-8(5-9)13-6-11-10(12-13)7-1-2-7/h6-8H,1-5H2. The van der Waals surface area contributed by atoms with Gasteiger partial charge in [-0.3, -0.25) is 4.79 Å². The van der Waals surface area contributed by atoms with Crippen LogP contribution in [0.15, 0.2) is 6.33 Å². The summed E-state index contributed by atoms with van der Waals surface area (Å²) in [6.07, 6.45) is 6.54. The summed E-state index contributed by atoms with van der Waals surface area (Å²) in [6.45, 7) is 0. The lowest BCUT2D eigenvalue weighted by Gasteiger charge is -2.06. The van der Waals surface area contributed by atoms with Crippen LogP contribution in [-0.2, 0) is 4.79 Å². The van der Waals surface area contributed by atoms with E-state index in [1.165, 1.54) is 12.8 Å². The van der Waals surface area contributed by atoms with Gasteiger partial charge in [0.2, 0.25) is 0 Å². The van der Waals surface area contributed by atoms with Crippen LogP contribution < -0.4 is 0 Å². The van der Waals surface area contributed by atoms with E-state index in [9.17, 15) is 4.79 Å². The number of hydrogen-bond acceptors (Lipinski definition) is 3. The van der Waals surface area contributed by atoms with Gasteiger partial charge in [-0.2, -0.15) is 5.10 Å². The molecule has 1 aromatic heterocycles. The van der Waals surface area contributed by atoms with Crippen molar-refractivity contribution in [2.75, 3.05) is 0 Å². The smallest absolute Gasteiger partial charge is 0.153 e. The average molecular weight is 191 g/mol. The largest absolute Gasteiger partial charge is 0.300 e. The highest BCUT2D eigenvalue weighted by atomic mass is 16.1. The molecule has 1 heterocycles. The van der Waals surface area contributed by atoms with Crippen LogP contribution in [0.3, 0.4) is 0 Å². The van der Waals surface area contributed by atoms with E-state index in [2.05, 4.69) is 10.1 Å². The van der Waals surface area contributed by atoms with Crippen LogP contribution in [0.5, 0.6) is 0 Å². The van der Waals surface area contributed by atoms with E-state index in [1.807, 2.05) is 4.68 Å². The monoisotopic (exact) mass is 191 g/mol. The van der Waals surface area contributed by atoms with E-state index < -0.39 is 0 Å². The second kappa shape index (κ2) is 2.90. The Hall–Kier alpha value is -1.19. The van der Waals surface area contributed by atoms with E-state index in [-0.39, 0.29) is 6.04 Å². The van der Waals surface area contributed by atoms with Crippen LogP contribution in [0.1, 0.15) is 49.9 Å². The Bertz CT molecular complexity index is 367. The number of nitrogens with zero attached hydrogens (tertiary/aromatic N) is 3. The molecule has 0 amide bonds. The zero-order valence-electron chi connectivity index (χ0n) is 8.02. The quantitative estimate of drug-likeness (QED) is 0.710. The SMILES string of the molecule is O=C1CCC(n2cnc(C3CC3)n2)C1. The molecule has 4 heteroatoms. The lowest BCUT2D eigenvalue weighted by molar-refractivity contribution is -0.117. The van der Waals surface area contributed by atoms with Crippen molar-refractivity contribution in [2.45, 2.75) is 44.1 Å². The van der Waals surface area contributed by atoms with Gasteiger partial charge in [0, 0.05) is 18.8 Å². The Kier molecular flexibility index (Phi) is 1.69. The van der Waals surface area contributed by atoms with E-state index in [1.54, 1.807) is 6.33 Å². The first-order valence-electron chi connectivity index (χ1n) is 5.25. The van der Waals surface area contributed by atoms with Gasteiger partial charge < -0.3 is 0 Å². The molecule has 0 spiro atoms. The number of hydrogen-bond donors (Lipinski definition) is 0. The molecule has 2 aliphatic rings. The molecule has 2 saturated carbocycles. The first-order valence-corrected chi connectivity index (χ1v) is 5.25. The minimum absolute atomic E-state index is 0.280. The first kappa shape index (κ1) is 8.15. The highest BCUT2D eigenvalue weighted by Gasteiger charge is 2.29. The second-order valence-corrected chi connectivity index (χ2v) is 4.29. The lowest BCUT2D eigenvalue weighted by atomic mass is 10.3. The molecule has 0 saturated heterocycles. The highest BCUT2D eigenvalue weighted by Crippen LogP contribution is 2.38. The summed E-state index contributed by atoms with van der Waals surface area (Å²) in [5.74, 6) is 1.94. The van der Waals surface area contributed by atoms with Crippen LogP contribution in [0.25, 0.3) is 0 Å². The molecule has 2 aliphatic carbocycles. The Morgan fingerprint density at radius 1 is 1.36 bits per heavy atom. The van der Waals surface area contributed by atoms with Gasteiger partial charge in [0.05, 0.1) is 6.04 Å². The Morgan fingerprint density at radius 3 is 2.86 bits per heavy atom. The van der Waals surface area contributed by atoms with Crippen LogP contribution in [-0.4, -0.2) is 20.5 Å². The third-order valence-corrected chi connectivity index (χ3v) is 3.06. The molecule has 0 N–H and O–H groups in total. The Labute approximate surface area is 82.3 Å². The van der Waals surface area contributed by atoms with Crippen molar-refractivity contribution in [3.8, 4) is 0 Å². The number of rotatable bonds is 2. The van der Waals surface area contributed by atoms with Crippen molar-refractivity contribution in [1.29, 1.82) is 0 Å². The van der Waals surface area contributed by atoms with Crippen LogP contribution >= 0.6 is 0 Å². The Balaban J connectivity index is 1.78. The summed E-state index contributed by atoms with van der Waals surface area (Å²) >= 11 is 0.